The smallest absolute Gasteiger partial charge is 0.327 e. The second-order valence-electron chi connectivity index (χ2n) is 7.29. The molecule has 17 heteroatoms. The summed E-state index contributed by atoms with van der Waals surface area (Å²) in [7, 11) is 0. The fourth-order valence-corrected chi connectivity index (χ4v) is 2.82. The Morgan fingerprint density at radius 1 is 0.800 bits per heavy atom. The van der Waals surface area contributed by atoms with Crippen LogP contribution in [0.2, 0.25) is 0 Å². The number of guanidine groups is 1. The van der Waals surface area contributed by atoms with E-state index in [0.717, 1.165) is 0 Å². The number of thiol groups is 1. The molecule has 0 radical (unpaired) electrons. The van der Waals surface area contributed by atoms with E-state index in [4.69, 9.17) is 32.5 Å². The summed E-state index contributed by atoms with van der Waals surface area (Å²) in [4.78, 5) is 74.4. The molecule has 198 valence electrons. The molecule has 0 fully saturated rings. The van der Waals surface area contributed by atoms with Crippen LogP contribution in [-0.4, -0.2) is 93.4 Å². The van der Waals surface area contributed by atoms with Gasteiger partial charge in [0.2, 0.25) is 17.7 Å². The summed E-state index contributed by atoms with van der Waals surface area (Å²) in [6, 6.07) is -5.71. The molecule has 0 saturated heterocycles. The predicted molar refractivity (Wildman–Crippen MR) is 124 cm³/mol. The van der Waals surface area contributed by atoms with Crippen molar-refractivity contribution in [1.82, 2.24) is 16.0 Å². The molecular formula is C18H31N7O9S. The second kappa shape index (κ2) is 16.1. The number of hydrogen-bond donors (Lipinski definition) is 10. The van der Waals surface area contributed by atoms with Crippen molar-refractivity contribution in [3.8, 4) is 0 Å². The van der Waals surface area contributed by atoms with E-state index < -0.39 is 72.6 Å². The molecule has 0 heterocycles. The van der Waals surface area contributed by atoms with Gasteiger partial charge in [-0.1, -0.05) is 0 Å². The summed E-state index contributed by atoms with van der Waals surface area (Å²) >= 11 is 3.84. The molecule has 4 atom stereocenters. The van der Waals surface area contributed by atoms with Crippen LogP contribution in [0.1, 0.15) is 32.1 Å². The van der Waals surface area contributed by atoms with E-state index in [0.29, 0.717) is 0 Å². The summed E-state index contributed by atoms with van der Waals surface area (Å²) in [6.07, 6.45) is -1.47. The fourth-order valence-electron chi connectivity index (χ4n) is 2.58. The second-order valence-corrected chi connectivity index (χ2v) is 7.66. The molecule has 4 unspecified atom stereocenters. The van der Waals surface area contributed by atoms with Gasteiger partial charge in [0, 0.05) is 18.7 Å². The van der Waals surface area contributed by atoms with Crippen LogP contribution in [0.25, 0.3) is 0 Å². The first kappa shape index (κ1) is 31.4. The molecule has 0 aromatic carbocycles. The number of hydrogen-bond acceptors (Lipinski definition) is 9. The summed E-state index contributed by atoms with van der Waals surface area (Å²) in [6.45, 7) is 0.0740. The van der Waals surface area contributed by atoms with Gasteiger partial charge in [0.1, 0.15) is 18.1 Å². The van der Waals surface area contributed by atoms with Crippen molar-refractivity contribution in [2.45, 2.75) is 56.3 Å². The number of amides is 3. The highest BCUT2D eigenvalue weighted by atomic mass is 32.1. The Morgan fingerprint density at radius 3 is 1.83 bits per heavy atom. The zero-order chi connectivity index (χ0) is 27.1. The maximum atomic E-state index is 12.7. The first-order valence-corrected chi connectivity index (χ1v) is 10.9. The van der Waals surface area contributed by atoms with Gasteiger partial charge < -0.3 is 48.5 Å². The Bertz CT molecular complexity index is 820. The zero-order valence-corrected chi connectivity index (χ0v) is 19.6. The number of nitrogens with zero attached hydrogens (tertiary/aromatic N) is 1. The molecule has 0 bridgehead atoms. The minimum Gasteiger partial charge on any atom is -0.481 e. The van der Waals surface area contributed by atoms with E-state index in [-0.39, 0.29) is 37.5 Å². The summed E-state index contributed by atoms with van der Waals surface area (Å²) in [5.41, 5.74) is 16.0. The van der Waals surface area contributed by atoms with Gasteiger partial charge in [-0.3, -0.25) is 29.0 Å². The number of aliphatic carboxylic acids is 3. The van der Waals surface area contributed by atoms with Crippen molar-refractivity contribution in [3.63, 3.8) is 0 Å². The Hall–Kier alpha value is -3.60. The molecule has 3 amide bonds. The molecule has 0 aliphatic rings. The third kappa shape index (κ3) is 13.6. The van der Waals surface area contributed by atoms with Gasteiger partial charge in [-0.25, -0.2) is 4.79 Å². The summed E-state index contributed by atoms with van der Waals surface area (Å²) in [5.74, 6) is -7.43. The molecule has 0 aromatic rings. The SMILES string of the molecule is NC(N)=NCCCC(NC(=O)C(CC(=O)O)NC(=O)C(N)CCC(=O)O)C(=O)NC(CS)C(=O)O. The molecule has 0 rings (SSSR count). The maximum Gasteiger partial charge on any atom is 0.327 e. The van der Waals surface area contributed by atoms with Crippen LogP contribution in [0.3, 0.4) is 0 Å². The lowest BCUT2D eigenvalue weighted by atomic mass is 10.1. The van der Waals surface area contributed by atoms with Gasteiger partial charge >= 0.3 is 17.9 Å². The fraction of sp³-hybridized carbons (Fsp3) is 0.611. The number of nitrogens with one attached hydrogen (secondary N) is 3. The van der Waals surface area contributed by atoms with Crippen LogP contribution < -0.4 is 33.2 Å². The quantitative estimate of drug-likeness (QED) is 0.0381. The molecule has 0 aliphatic carbocycles. The average molecular weight is 522 g/mol. The molecule has 16 nitrogen and oxygen atoms in total. The minimum absolute atomic E-state index is 0.0703. The number of carboxylic acid groups (broad SMARTS) is 3. The molecule has 0 aliphatic heterocycles. The number of carbonyl (C=O) groups is 6. The minimum atomic E-state index is -1.66. The molecular weight excluding hydrogens is 490 g/mol. The van der Waals surface area contributed by atoms with Crippen LogP contribution in [-0.2, 0) is 28.8 Å². The topological polar surface area (TPSA) is 290 Å². The average Bonchev–Trinajstić information content (AvgIpc) is 2.75. The number of nitrogens with two attached hydrogens (primary N) is 3. The van der Waals surface area contributed by atoms with Gasteiger partial charge in [-0.05, 0) is 19.3 Å². The molecule has 0 saturated carbocycles. The van der Waals surface area contributed by atoms with Crippen LogP contribution in [0.5, 0.6) is 0 Å². The van der Waals surface area contributed by atoms with Crippen molar-refractivity contribution in [1.29, 1.82) is 0 Å². The maximum absolute atomic E-state index is 12.7. The third-order valence-corrected chi connectivity index (χ3v) is 4.76. The Balaban J connectivity index is 5.52. The van der Waals surface area contributed by atoms with Gasteiger partial charge in [-0.15, -0.1) is 0 Å². The first-order chi connectivity index (χ1) is 16.3. The van der Waals surface area contributed by atoms with E-state index in [9.17, 15) is 28.8 Å². The Morgan fingerprint density at radius 2 is 1.34 bits per heavy atom. The van der Waals surface area contributed by atoms with Crippen molar-refractivity contribution in [2.75, 3.05) is 12.3 Å². The largest absolute Gasteiger partial charge is 0.481 e. The molecule has 0 spiro atoms. The lowest BCUT2D eigenvalue weighted by Crippen LogP contribution is -2.57. The zero-order valence-electron chi connectivity index (χ0n) is 18.7. The number of aliphatic imine (C=N–C) groups is 1. The lowest BCUT2D eigenvalue weighted by Gasteiger charge is -2.24. The van der Waals surface area contributed by atoms with Crippen LogP contribution in [0.4, 0.5) is 0 Å². The normalized spacial score (nSPS) is 13.9. The first-order valence-electron chi connectivity index (χ1n) is 10.3. The number of carboxylic acids is 3. The van der Waals surface area contributed by atoms with E-state index >= 15 is 0 Å². The van der Waals surface area contributed by atoms with Crippen molar-refractivity contribution < 1.29 is 44.1 Å². The summed E-state index contributed by atoms with van der Waals surface area (Å²) < 4.78 is 0. The van der Waals surface area contributed by atoms with Crippen molar-refractivity contribution in [3.05, 3.63) is 0 Å². The summed E-state index contributed by atoms with van der Waals surface area (Å²) in [5, 5.41) is 33.5. The Labute approximate surface area is 205 Å². The number of rotatable bonds is 17. The third-order valence-electron chi connectivity index (χ3n) is 4.39. The number of carbonyl (C=O) groups excluding carboxylic acids is 3. The van der Waals surface area contributed by atoms with Gasteiger partial charge in [0.25, 0.3) is 0 Å². The van der Waals surface area contributed by atoms with E-state index in [2.05, 4.69) is 33.6 Å². The van der Waals surface area contributed by atoms with Crippen LogP contribution in [0.15, 0.2) is 4.99 Å². The van der Waals surface area contributed by atoms with Gasteiger partial charge in [-0.2, -0.15) is 12.6 Å². The van der Waals surface area contributed by atoms with Crippen LogP contribution >= 0.6 is 12.6 Å². The van der Waals surface area contributed by atoms with E-state index in [1.807, 2.05) is 0 Å². The van der Waals surface area contributed by atoms with Crippen LogP contribution in [0, 0.1) is 0 Å². The lowest BCUT2D eigenvalue weighted by molar-refractivity contribution is -0.143. The Kier molecular flexibility index (Phi) is 14.4. The van der Waals surface area contributed by atoms with Crippen molar-refractivity contribution >= 4 is 54.2 Å². The monoisotopic (exact) mass is 521 g/mol. The molecule has 0 aromatic heterocycles. The highest BCUT2D eigenvalue weighted by Crippen LogP contribution is 2.04. The van der Waals surface area contributed by atoms with E-state index in [1.165, 1.54) is 0 Å². The van der Waals surface area contributed by atoms with Gasteiger partial charge in [0.15, 0.2) is 5.96 Å². The molecule has 35 heavy (non-hydrogen) atoms. The van der Waals surface area contributed by atoms with E-state index in [1.54, 1.807) is 0 Å². The predicted octanol–water partition coefficient (Wildman–Crippen LogP) is -3.82. The standard InChI is InChI=1S/C18H31N7O9S/c19-8(3-4-12(26)27)14(30)24-10(6-13(28)29)16(32)23-9(2-1-5-22-18(20)21)15(31)25-11(7-35)17(33)34/h8-11,35H,1-7,19H2,(H,23,32)(H,24,30)(H,25,31)(H,26,27)(H,28,29)(H,33,34)(H4,20,21,22). The van der Waals surface area contributed by atoms with Gasteiger partial charge in [0.05, 0.1) is 12.5 Å². The highest BCUT2D eigenvalue weighted by molar-refractivity contribution is 7.80. The molecule has 12 N–H and O–H groups in total. The highest BCUT2D eigenvalue weighted by Gasteiger charge is 2.31. The van der Waals surface area contributed by atoms with Crippen molar-refractivity contribution in [2.24, 2.45) is 22.2 Å².